The molecule has 1 aliphatic heterocycles. The maximum absolute atomic E-state index is 12.8. The van der Waals surface area contributed by atoms with E-state index in [4.69, 9.17) is 4.74 Å². The zero-order valence-electron chi connectivity index (χ0n) is 15.9. The zero-order valence-corrected chi connectivity index (χ0v) is 15.9. The van der Waals surface area contributed by atoms with E-state index in [0.717, 1.165) is 40.9 Å². The third-order valence-corrected chi connectivity index (χ3v) is 4.85. The summed E-state index contributed by atoms with van der Waals surface area (Å²) >= 11 is 0. The van der Waals surface area contributed by atoms with Crippen LogP contribution in [0.4, 0.5) is 0 Å². The molecule has 0 radical (unpaired) electrons. The number of rotatable bonds is 4. The number of fused-ring (bicyclic) bond motifs is 2. The minimum absolute atomic E-state index is 0.0551. The van der Waals surface area contributed by atoms with Gasteiger partial charge in [-0.25, -0.2) is 9.67 Å². The Labute approximate surface area is 158 Å². The fourth-order valence-electron chi connectivity index (χ4n) is 3.55. The average molecular weight is 364 g/mol. The van der Waals surface area contributed by atoms with Crippen LogP contribution in [-0.4, -0.2) is 27.3 Å². The highest BCUT2D eigenvalue weighted by molar-refractivity contribution is 5.97. The van der Waals surface area contributed by atoms with E-state index in [1.807, 2.05) is 35.9 Å². The standard InChI is InChI=1S/C21H24N4O2/c1-13(2)12-25-20-15(11-23-25)9-16(10-22-20)21(26)24-18-7-8-27-19-14(3)5-4-6-17(18)19/h4-6,9-11,13,18H,7-8,12H2,1-3H3,(H,24,26)/t18-/m1/s1. The van der Waals surface area contributed by atoms with E-state index in [1.165, 1.54) is 0 Å². The SMILES string of the molecule is Cc1cccc2c1OCC[C@H]2NC(=O)c1cnc2c(cnn2CC(C)C)c1. The molecule has 2 aromatic heterocycles. The molecule has 0 unspecified atom stereocenters. The van der Waals surface area contributed by atoms with Crippen LogP contribution in [-0.2, 0) is 6.54 Å². The van der Waals surface area contributed by atoms with Crippen LogP contribution < -0.4 is 10.1 Å². The summed E-state index contributed by atoms with van der Waals surface area (Å²) < 4.78 is 7.68. The fourth-order valence-corrected chi connectivity index (χ4v) is 3.55. The van der Waals surface area contributed by atoms with Crippen molar-refractivity contribution in [1.82, 2.24) is 20.1 Å². The second-order valence-electron chi connectivity index (χ2n) is 7.51. The summed E-state index contributed by atoms with van der Waals surface area (Å²) in [7, 11) is 0. The van der Waals surface area contributed by atoms with Crippen LogP contribution in [0.3, 0.4) is 0 Å². The van der Waals surface area contributed by atoms with Crippen molar-refractivity contribution in [3.8, 4) is 5.75 Å². The van der Waals surface area contributed by atoms with E-state index >= 15 is 0 Å². The van der Waals surface area contributed by atoms with Crippen LogP contribution >= 0.6 is 0 Å². The van der Waals surface area contributed by atoms with Crippen molar-refractivity contribution in [2.24, 2.45) is 5.92 Å². The summed E-state index contributed by atoms with van der Waals surface area (Å²) in [5.41, 5.74) is 3.49. The molecule has 27 heavy (non-hydrogen) atoms. The van der Waals surface area contributed by atoms with Crippen molar-refractivity contribution >= 4 is 16.9 Å². The van der Waals surface area contributed by atoms with Gasteiger partial charge in [0.25, 0.3) is 5.91 Å². The second-order valence-corrected chi connectivity index (χ2v) is 7.51. The zero-order chi connectivity index (χ0) is 19.0. The Bertz CT molecular complexity index is 993. The smallest absolute Gasteiger partial charge is 0.253 e. The minimum Gasteiger partial charge on any atom is -0.493 e. The van der Waals surface area contributed by atoms with E-state index in [2.05, 4.69) is 29.2 Å². The molecule has 0 saturated heterocycles. The Morgan fingerprint density at radius 1 is 1.37 bits per heavy atom. The van der Waals surface area contributed by atoms with Crippen LogP contribution in [0, 0.1) is 12.8 Å². The lowest BCUT2D eigenvalue weighted by atomic mass is 9.97. The minimum atomic E-state index is -0.125. The lowest BCUT2D eigenvalue weighted by Gasteiger charge is -2.27. The normalized spacial score (nSPS) is 16.2. The van der Waals surface area contributed by atoms with Gasteiger partial charge in [0.05, 0.1) is 24.4 Å². The summed E-state index contributed by atoms with van der Waals surface area (Å²) in [5.74, 6) is 1.24. The highest BCUT2D eigenvalue weighted by atomic mass is 16.5. The number of hydrogen-bond donors (Lipinski definition) is 1. The highest BCUT2D eigenvalue weighted by Crippen LogP contribution is 2.34. The number of benzene rings is 1. The van der Waals surface area contributed by atoms with Crippen molar-refractivity contribution in [3.63, 3.8) is 0 Å². The number of carbonyl (C=O) groups excluding carboxylic acids is 1. The molecule has 3 heterocycles. The Morgan fingerprint density at radius 2 is 2.22 bits per heavy atom. The first kappa shape index (κ1) is 17.5. The number of nitrogens with zero attached hydrogens (tertiary/aromatic N) is 3. The molecule has 1 N–H and O–H groups in total. The molecule has 0 bridgehead atoms. The number of nitrogens with one attached hydrogen (secondary N) is 1. The van der Waals surface area contributed by atoms with Crippen LogP contribution in [0.2, 0.25) is 0 Å². The average Bonchev–Trinajstić information content (AvgIpc) is 3.04. The topological polar surface area (TPSA) is 69.0 Å². The molecule has 6 heteroatoms. The van der Waals surface area contributed by atoms with E-state index in [0.29, 0.717) is 18.1 Å². The number of pyridine rings is 1. The predicted molar refractivity (Wildman–Crippen MR) is 104 cm³/mol. The quantitative estimate of drug-likeness (QED) is 0.767. The summed E-state index contributed by atoms with van der Waals surface area (Å²) in [4.78, 5) is 17.3. The van der Waals surface area contributed by atoms with E-state index in [-0.39, 0.29) is 11.9 Å². The van der Waals surface area contributed by atoms with Gasteiger partial charge in [-0.3, -0.25) is 4.79 Å². The van der Waals surface area contributed by atoms with Crippen LogP contribution in [0.5, 0.6) is 5.75 Å². The molecule has 4 rings (SSSR count). The van der Waals surface area contributed by atoms with Crippen LogP contribution in [0.25, 0.3) is 11.0 Å². The first-order valence-electron chi connectivity index (χ1n) is 9.37. The highest BCUT2D eigenvalue weighted by Gasteiger charge is 2.24. The molecule has 3 aromatic rings. The molecule has 0 saturated carbocycles. The number of aryl methyl sites for hydroxylation is 1. The van der Waals surface area contributed by atoms with Crippen LogP contribution in [0.15, 0.2) is 36.7 Å². The van der Waals surface area contributed by atoms with Crippen molar-refractivity contribution in [1.29, 1.82) is 0 Å². The van der Waals surface area contributed by atoms with Crippen molar-refractivity contribution in [3.05, 3.63) is 53.3 Å². The number of hydrogen-bond acceptors (Lipinski definition) is 4. The number of carbonyl (C=O) groups is 1. The third-order valence-electron chi connectivity index (χ3n) is 4.85. The Balaban J connectivity index is 1.57. The van der Waals surface area contributed by atoms with E-state index < -0.39 is 0 Å². The lowest BCUT2D eigenvalue weighted by Crippen LogP contribution is -2.32. The molecular formula is C21H24N4O2. The molecule has 0 spiro atoms. The van der Waals surface area contributed by atoms with E-state index in [9.17, 15) is 4.79 Å². The summed E-state index contributed by atoms with van der Waals surface area (Å²) in [6.07, 6.45) is 4.16. The maximum Gasteiger partial charge on any atom is 0.253 e. The monoisotopic (exact) mass is 364 g/mol. The molecule has 140 valence electrons. The lowest BCUT2D eigenvalue weighted by molar-refractivity contribution is 0.0924. The molecule has 1 aliphatic rings. The maximum atomic E-state index is 12.8. The van der Waals surface area contributed by atoms with Gasteiger partial charge >= 0.3 is 0 Å². The van der Waals surface area contributed by atoms with Crippen molar-refractivity contribution < 1.29 is 9.53 Å². The van der Waals surface area contributed by atoms with Gasteiger partial charge in [0, 0.05) is 30.1 Å². The molecule has 6 nitrogen and oxygen atoms in total. The number of ether oxygens (including phenoxy) is 1. The van der Waals surface area contributed by atoms with Crippen molar-refractivity contribution in [2.45, 2.75) is 39.8 Å². The summed E-state index contributed by atoms with van der Waals surface area (Å²) in [6.45, 7) is 7.71. The van der Waals surface area contributed by atoms with Gasteiger partial charge in [-0.1, -0.05) is 32.0 Å². The van der Waals surface area contributed by atoms with Gasteiger partial charge in [-0.05, 0) is 24.5 Å². The number of para-hydroxylation sites is 1. The predicted octanol–water partition coefficient (Wildman–Crippen LogP) is 3.65. The fraction of sp³-hybridized carbons (Fsp3) is 0.381. The van der Waals surface area contributed by atoms with Crippen molar-refractivity contribution in [2.75, 3.05) is 6.61 Å². The van der Waals surface area contributed by atoms with Gasteiger partial charge in [0.15, 0.2) is 5.65 Å². The van der Waals surface area contributed by atoms with Gasteiger partial charge in [-0.15, -0.1) is 0 Å². The largest absolute Gasteiger partial charge is 0.493 e. The number of aromatic nitrogens is 3. The van der Waals surface area contributed by atoms with Gasteiger partial charge in [-0.2, -0.15) is 5.10 Å². The molecular weight excluding hydrogens is 340 g/mol. The molecule has 1 atom stereocenters. The van der Waals surface area contributed by atoms with Gasteiger partial charge in [0.2, 0.25) is 0 Å². The Morgan fingerprint density at radius 3 is 3.04 bits per heavy atom. The molecule has 1 amide bonds. The van der Waals surface area contributed by atoms with Crippen LogP contribution in [0.1, 0.15) is 47.8 Å². The summed E-state index contributed by atoms with van der Waals surface area (Å²) in [5, 5.41) is 8.41. The third kappa shape index (κ3) is 3.39. The van der Waals surface area contributed by atoms with Gasteiger partial charge < -0.3 is 10.1 Å². The first-order chi connectivity index (χ1) is 13.0. The van der Waals surface area contributed by atoms with E-state index in [1.54, 1.807) is 12.4 Å². The Kier molecular flexibility index (Phi) is 4.56. The number of amides is 1. The molecule has 0 aliphatic carbocycles. The second kappa shape index (κ2) is 7.02. The summed E-state index contributed by atoms with van der Waals surface area (Å²) in [6, 6.07) is 7.84. The molecule has 0 fully saturated rings. The Hall–Kier alpha value is -2.89. The first-order valence-corrected chi connectivity index (χ1v) is 9.37. The molecule has 1 aromatic carbocycles. The van der Waals surface area contributed by atoms with Gasteiger partial charge in [0.1, 0.15) is 5.75 Å².